The fourth-order valence-electron chi connectivity index (χ4n) is 3.21. The second-order valence-corrected chi connectivity index (χ2v) is 6.73. The van der Waals surface area contributed by atoms with E-state index in [-0.39, 0.29) is 11.3 Å². The molecule has 0 aromatic heterocycles. The highest BCUT2D eigenvalue weighted by Gasteiger charge is 2.23. The summed E-state index contributed by atoms with van der Waals surface area (Å²) in [5, 5.41) is 20.2. The highest BCUT2D eigenvalue weighted by Crippen LogP contribution is 2.41. The second kappa shape index (κ2) is 6.85. The fourth-order valence-corrected chi connectivity index (χ4v) is 3.37. The van der Waals surface area contributed by atoms with Gasteiger partial charge in [0.1, 0.15) is 17.1 Å². The molecule has 0 radical (unpaired) electrons. The van der Waals surface area contributed by atoms with Gasteiger partial charge in [-0.3, -0.25) is 0 Å². The molecule has 0 saturated heterocycles. The van der Waals surface area contributed by atoms with Crippen molar-refractivity contribution in [1.82, 2.24) is 0 Å². The average molecular weight is 382 g/mol. The van der Waals surface area contributed by atoms with Gasteiger partial charge in [0.15, 0.2) is 5.75 Å². The molecule has 2 N–H and O–H groups in total. The average Bonchev–Trinajstić information content (AvgIpc) is 2.79. The fraction of sp³-hybridized carbons (Fsp3) is 0.0952. The summed E-state index contributed by atoms with van der Waals surface area (Å²) in [7, 11) is 0. The molecule has 0 amide bonds. The number of nitrogens with zero attached hydrogens (tertiary/aromatic N) is 1. The number of aromatic carboxylic acids is 1. The number of carbonyl (C=O) groups is 1. The van der Waals surface area contributed by atoms with E-state index in [0.717, 1.165) is 17.0 Å². The molecule has 136 valence electrons. The first-order chi connectivity index (χ1) is 13.0. The van der Waals surface area contributed by atoms with Crippen LogP contribution in [0.4, 0.5) is 5.69 Å². The third kappa shape index (κ3) is 3.29. The first-order valence-electron chi connectivity index (χ1n) is 8.37. The number of hydrogen-bond acceptors (Lipinski definition) is 4. The van der Waals surface area contributed by atoms with E-state index in [0.29, 0.717) is 29.4 Å². The Morgan fingerprint density at radius 2 is 1.89 bits per heavy atom. The van der Waals surface area contributed by atoms with Crippen LogP contribution in [0.25, 0.3) is 0 Å². The molecular weight excluding hydrogens is 366 g/mol. The van der Waals surface area contributed by atoms with Crippen molar-refractivity contribution in [3.63, 3.8) is 0 Å². The second-order valence-electron chi connectivity index (χ2n) is 6.30. The van der Waals surface area contributed by atoms with Crippen LogP contribution in [0.2, 0.25) is 5.02 Å². The summed E-state index contributed by atoms with van der Waals surface area (Å²) in [6.45, 7) is 0.832. The molecule has 0 fully saturated rings. The molecule has 6 heteroatoms. The Kier molecular flexibility index (Phi) is 4.38. The van der Waals surface area contributed by atoms with Gasteiger partial charge in [-0.05, 0) is 30.3 Å². The number of halogens is 1. The van der Waals surface area contributed by atoms with E-state index in [1.165, 1.54) is 6.07 Å². The zero-order valence-corrected chi connectivity index (χ0v) is 15.0. The highest BCUT2D eigenvalue weighted by atomic mass is 35.5. The molecule has 0 aliphatic carbocycles. The molecule has 3 aromatic carbocycles. The summed E-state index contributed by atoms with van der Waals surface area (Å²) in [5.41, 5.74) is 2.16. The third-order valence-electron chi connectivity index (χ3n) is 4.53. The van der Waals surface area contributed by atoms with E-state index >= 15 is 0 Å². The quantitative estimate of drug-likeness (QED) is 0.663. The van der Waals surface area contributed by atoms with Crippen LogP contribution in [0.1, 0.15) is 21.5 Å². The topological polar surface area (TPSA) is 70.0 Å². The first kappa shape index (κ1) is 17.2. The molecule has 1 aliphatic heterocycles. The van der Waals surface area contributed by atoms with E-state index in [1.807, 2.05) is 29.2 Å². The molecule has 5 nitrogen and oxygen atoms in total. The molecule has 0 unspecified atom stereocenters. The van der Waals surface area contributed by atoms with Crippen molar-refractivity contribution in [2.45, 2.75) is 13.1 Å². The molecule has 1 heterocycles. The normalized spacial score (nSPS) is 12.6. The Bertz CT molecular complexity index is 1030. The van der Waals surface area contributed by atoms with Gasteiger partial charge in [0.2, 0.25) is 0 Å². The summed E-state index contributed by atoms with van der Waals surface area (Å²) >= 11 is 6.20. The Morgan fingerprint density at radius 1 is 1.07 bits per heavy atom. The SMILES string of the molecule is O=C(O)c1cccc(CN2Cc3ccccc3Oc3ccc(Cl)cc32)c1O. The molecule has 27 heavy (non-hydrogen) atoms. The first-order valence-corrected chi connectivity index (χ1v) is 8.75. The molecule has 4 rings (SSSR count). The zero-order valence-electron chi connectivity index (χ0n) is 14.2. The summed E-state index contributed by atoms with van der Waals surface area (Å²) in [4.78, 5) is 13.3. The Labute approximate surface area is 161 Å². The predicted octanol–water partition coefficient (Wildman–Crippen LogP) is 5.06. The number of anilines is 1. The van der Waals surface area contributed by atoms with Crippen LogP contribution in [-0.2, 0) is 13.1 Å². The number of para-hydroxylation sites is 2. The van der Waals surface area contributed by atoms with Crippen LogP contribution < -0.4 is 9.64 Å². The molecule has 1 aliphatic rings. The Balaban J connectivity index is 1.79. The number of hydrogen-bond donors (Lipinski definition) is 2. The third-order valence-corrected chi connectivity index (χ3v) is 4.76. The number of ether oxygens (including phenoxy) is 1. The number of carboxylic acid groups (broad SMARTS) is 1. The largest absolute Gasteiger partial charge is 0.507 e. The van der Waals surface area contributed by atoms with E-state index in [9.17, 15) is 15.0 Å². The number of fused-ring (bicyclic) bond motifs is 2. The number of carboxylic acids is 1. The Hall–Kier alpha value is -3.18. The number of phenols is 1. The molecule has 0 atom stereocenters. The smallest absolute Gasteiger partial charge is 0.339 e. The van der Waals surface area contributed by atoms with Crippen molar-refractivity contribution >= 4 is 23.3 Å². The molecule has 0 saturated carbocycles. The lowest BCUT2D eigenvalue weighted by molar-refractivity contribution is 0.0693. The van der Waals surface area contributed by atoms with Gasteiger partial charge in [-0.1, -0.05) is 41.9 Å². The molecular formula is C21H16ClNO4. The maximum absolute atomic E-state index is 11.3. The number of benzene rings is 3. The van der Waals surface area contributed by atoms with Gasteiger partial charge in [0.25, 0.3) is 0 Å². The van der Waals surface area contributed by atoms with Crippen LogP contribution in [0, 0.1) is 0 Å². The van der Waals surface area contributed by atoms with E-state index in [4.69, 9.17) is 16.3 Å². The van der Waals surface area contributed by atoms with E-state index in [1.54, 1.807) is 30.3 Å². The lowest BCUT2D eigenvalue weighted by atomic mass is 10.1. The van der Waals surface area contributed by atoms with Crippen molar-refractivity contribution in [3.05, 3.63) is 82.4 Å². The van der Waals surface area contributed by atoms with Gasteiger partial charge < -0.3 is 19.8 Å². The summed E-state index contributed by atoms with van der Waals surface area (Å²) in [5.74, 6) is 0.0136. The van der Waals surface area contributed by atoms with Crippen LogP contribution >= 0.6 is 11.6 Å². The van der Waals surface area contributed by atoms with Crippen LogP contribution in [-0.4, -0.2) is 16.2 Å². The van der Waals surface area contributed by atoms with Gasteiger partial charge in [-0.2, -0.15) is 0 Å². The van der Waals surface area contributed by atoms with Crippen molar-refractivity contribution in [2.24, 2.45) is 0 Å². The maximum atomic E-state index is 11.3. The number of aromatic hydroxyl groups is 1. The van der Waals surface area contributed by atoms with E-state index < -0.39 is 5.97 Å². The number of rotatable bonds is 3. The van der Waals surface area contributed by atoms with Crippen molar-refractivity contribution in [2.75, 3.05) is 4.90 Å². The lowest BCUT2D eigenvalue weighted by Gasteiger charge is -2.25. The standard InChI is InChI=1S/C21H16ClNO4/c22-15-8-9-19-17(10-15)23(11-13-4-1-2-7-18(13)27-19)12-14-5-3-6-16(20(14)24)21(25)26/h1-10,24H,11-12H2,(H,25,26). The minimum Gasteiger partial charge on any atom is -0.507 e. The summed E-state index contributed by atoms with van der Waals surface area (Å²) in [6.07, 6.45) is 0. The van der Waals surface area contributed by atoms with Gasteiger partial charge in [0.05, 0.1) is 5.69 Å². The van der Waals surface area contributed by atoms with E-state index in [2.05, 4.69) is 0 Å². The van der Waals surface area contributed by atoms with Crippen LogP contribution in [0.5, 0.6) is 17.2 Å². The summed E-state index contributed by atoms with van der Waals surface area (Å²) in [6, 6.07) is 17.8. The van der Waals surface area contributed by atoms with Crippen LogP contribution in [0.15, 0.2) is 60.7 Å². The van der Waals surface area contributed by atoms with Crippen LogP contribution in [0.3, 0.4) is 0 Å². The van der Waals surface area contributed by atoms with Gasteiger partial charge in [0, 0.05) is 29.2 Å². The summed E-state index contributed by atoms with van der Waals surface area (Å²) < 4.78 is 6.06. The van der Waals surface area contributed by atoms with Gasteiger partial charge in [-0.25, -0.2) is 4.79 Å². The predicted molar refractivity (Wildman–Crippen MR) is 103 cm³/mol. The molecule has 0 bridgehead atoms. The monoisotopic (exact) mass is 381 g/mol. The van der Waals surface area contributed by atoms with Crippen molar-refractivity contribution in [3.8, 4) is 17.2 Å². The van der Waals surface area contributed by atoms with Crippen molar-refractivity contribution < 1.29 is 19.7 Å². The molecule has 3 aromatic rings. The maximum Gasteiger partial charge on any atom is 0.339 e. The highest BCUT2D eigenvalue weighted by molar-refractivity contribution is 6.31. The minimum absolute atomic E-state index is 0.120. The minimum atomic E-state index is -1.16. The molecule has 0 spiro atoms. The van der Waals surface area contributed by atoms with Gasteiger partial charge in [-0.15, -0.1) is 0 Å². The van der Waals surface area contributed by atoms with Crippen molar-refractivity contribution in [1.29, 1.82) is 0 Å². The van der Waals surface area contributed by atoms with Gasteiger partial charge >= 0.3 is 5.97 Å². The lowest BCUT2D eigenvalue weighted by Crippen LogP contribution is -2.21. The Morgan fingerprint density at radius 3 is 2.70 bits per heavy atom. The zero-order chi connectivity index (χ0) is 19.0.